The van der Waals surface area contributed by atoms with E-state index in [1.807, 2.05) is 6.92 Å². The van der Waals surface area contributed by atoms with Gasteiger partial charge < -0.3 is 15.0 Å². The highest BCUT2D eigenvalue weighted by atomic mass is 19.1. The van der Waals surface area contributed by atoms with Crippen LogP contribution in [0.4, 0.5) is 20.6 Å². The number of nitrogens with one attached hydrogen (secondary N) is 1. The molecule has 1 atom stereocenters. The Hall–Kier alpha value is -3.42. The van der Waals surface area contributed by atoms with Crippen LogP contribution in [0.25, 0.3) is 0 Å². The molecule has 2 fully saturated rings. The summed E-state index contributed by atoms with van der Waals surface area (Å²) in [6.45, 7) is 2.64. The van der Waals surface area contributed by atoms with Gasteiger partial charge in [0.1, 0.15) is 17.6 Å². The van der Waals surface area contributed by atoms with Crippen LogP contribution in [0, 0.1) is 5.82 Å². The zero-order valence-corrected chi connectivity index (χ0v) is 19.3. The van der Waals surface area contributed by atoms with Crippen LogP contribution in [0.3, 0.4) is 0 Å². The molecule has 8 heteroatoms. The number of benzene rings is 2. The first-order valence-electron chi connectivity index (χ1n) is 11.9. The fourth-order valence-corrected chi connectivity index (χ4v) is 4.64. The van der Waals surface area contributed by atoms with Gasteiger partial charge in [-0.25, -0.2) is 14.1 Å². The molecular formula is C26H30FN3O4. The molecule has 0 bridgehead atoms. The van der Waals surface area contributed by atoms with E-state index in [1.165, 1.54) is 24.3 Å². The van der Waals surface area contributed by atoms with Gasteiger partial charge in [-0.1, -0.05) is 26.2 Å². The molecule has 1 heterocycles. The summed E-state index contributed by atoms with van der Waals surface area (Å²) in [7, 11) is 0. The van der Waals surface area contributed by atoms with Crippen molar-refractivity contribution in [2.45, 2.75) is 64.0 Å². The van der Waals surface area contributed by atoms with Gasteiger partial charge in [0.15, 0.2) is 0 Å². The topological polar surface area (TPSA) is 79.0 Å². The average molecular weight is 468 g/mol. The maximum atomic E-state index is 13.4. The molecule has 2 aliphatic rings. The molecule has 0 spiro atoms. The van der Waals surface area contributed by atoms with Crippen LogP contribution in [0.2, 0.25) is 0 Å². The minimum absolute atomic E-state index is 0.0940. The molecule has 0 aromatic heterocycles. The Morgan fingerprint density at radius 3 is 2.35 bits per heavy atom. The second kappa shape index (κ2) is 10.7. The fraction of sp³-hybridized carbons (Fsp3) is 0.423. The molecule has 1 saturated heterocycles. The Labute approximate surface area is 198 Å². The smallest absolute Gasteiger partial charge is 0.332 e. The molecule has 2 aromatic carbocycles. The van der Waals surface area contributed by atoms with Crippen molar-refractivity contribution in [1.82, 2.24) is 4.90 Å². The van der Waals surface area contributed by atoms with E-state index in [0.717, 1.165) is 49.2 Å². The molecule has 1 aliphatic heterocycles. The zero-order chi connectivity index (χ0) is 24.1. The number of halogens is 1. The van der Waals surface area contributed by atoms with Crippen LogP contribution in [-0.2, 0) is 9.59 Å². The summed E-state index contributed by atoms with van der Waals surface area (Å²) >= 11 is 0. The fourth-order valence-electron chi connectivity index (χ4n) is 4.64. The molecule has 4 amide bonds. The van der Waals surface area contributed by atoms with Gasteiger partial charge in [-0.2, -0.15) is 0 Å². The second-order valence-corrected chi connectivity index (χ2v) is 8.77. The summed E-state index contributed by atoms with van der Waals surface area (Å²) in [6, 6.07) is 10.9. The molecule has 1 saturated carbocycles. The monoisotopic (exact) mass is 467 g/mol. The predicted molar refractivity (Wildman–Crippen MR) is 127 cm³/mol. The highest BCUT2D eigenvalue weighted by molar-refractivity contribution is 6.22. The van der Waals surface area contributed by atoms with Gasteiger partial charge in [0.2, 0.25) is 5.91 Å². The largest absolute Gasteiger partial charge is 0.494 e. The van der Waals surface area contributed by atoms with Crippen LogP contribution >= 0.6 is 0 Å². The van der Waals surface area contributed by atoms with Crippen LogP contribution in [0.5, 0.6) is 5.75 Å². The molecular weight excluding hydrogens is 437 g/mol. The maximum Gasteiger partial charge on any atom is 0.332 e. The number of nitrogens with zero attached hydrogens (tertiary/aromatic N) is 2. The first-order chi connectivity index (χ1) is 16.5. The summed E-state index contributed by atoms with van der Waals surface area (Å²) in [5, 5.41) is 2.82. The number of urea groups is 1. The van der Waals surface area contributed by atoms with Gasteiger partial charge in [-0.15, -0.1) is 0 Å². The number of rotatable bonds is 8. The van der Waals surface area contributed by atoms with E-state index in [4.69, 9.17) is 4.74 Å². The van der Waals surface area contributed by atoms with Gasteiger partial charge in [0, 0.05) is 11.7 Å². The van der Waals surface area contributed by atoms with Crippen molar-refractivity contribution in [1.29, 1.82) is 0 Å². The number of anilines is 2. The Kier molecular flexibility index (Phi) is 7.45. The normalized spacial score (nSPS) is 18.9. The lowest BCUT2D eigenvalue weighted by molar-refractivity contribution is -0.125. The van der Waals surface area contributed by atoms with Crippen LogP contribution < -0.4 is 15.0 Å². The minimum atomic E-state index is -0.896. The van der Waals surface area contributed by atoms with E-state index in [0.29, 0.717) is 18.0 Å². The van der Waals surface area contributed by atoms with E-state index in [-0.39, 0.29) is 18.4 Å². The van der Waals surface area contributed by atoms with Gasteiger partial charge in [-0.3, -0.25) is 9.59 Å². The van der Waals surface area contributed by atoms with E-state index in [2.05, 4.69) is 5.32 Å². The first-order valence-corrected chi connectivity index (χ1v) is 11.9. The molecule has 2 aromatic rings. The number of hydrogen-bond acceptors (Lipinski definition) is 4. The van der Waals surface area contributed by atoms with Gasteiger partial charge in [0.25, 0.3) is 5.91 Å². The third kappa shape index (κ3) is 5.21. The Balaban J connectivity index is 1.51. The van der Waals surface area contributed by atoms with Crippen molar-refractivity contribution in [3.8, 4) is 5.75 Å². The minimum Gasteiger partial charge on any atom is -0.494 e. The standard InChI is InChI=1S/C26H30FN3O4/c1-2-16-34-22-14-10-19(11-15-22)28-24(31)17-23-25(32)30(21-12-8-18(27)9-13-21)26(33)29(23)20-6-4-3-5-7-20/h8-15,20,23H,2-7,16-17H2,1H3,(H,28,31). The predicted octanol–water partition coefficient (Wildman–Crippen LogP) is 5.11. The summed E-state index contributed by atoms with van der Waals surface area (Å²) in [5.41, 5.74) is 0.896. The maximum absolute atomic E-state index is 13.4. The van der Waals surface area contributed by atoms with Crippen molar-refractivity contribution in [3.63, 3.8) is 0 Å². The van der Waals surface area contributed by atoms with Crippen molar-refractivity contribution >= 4 is 29.2 Å². The highest BCUT2D eigenvalue weighted by Crippen LogP contribution is 2.33. The molecule has 7 nitrogen and oxygen atoms in total. The summed E-state index contributed by atoms with van der Waals surface area (Å²) in [6.07, 6.45) is 5.40. The second-order valence-electron chi connectivity index (χ2n) is 8.77. The zero-order valence-electron chi connectivity index (χ0n) is 19.3. The molecule has 180 valence electrons. The van der Waals surface area contributed by atoms with E-state index in [1.54, 1.807) is 29.2 Å². The van der Waals surface area contributed by atoms with E-state index < -0.39 is 23.8 Å². The lowest BCUT2D eigenvalue weighted by atomic mass is 9.93. The third-order valence-electron chi connectivity index (χ3n) is 6.30. The van der Waals surface area contributed by atoms with Crippen LogP contribution in [0.1, 0.15) is 51.9 Å². The molecule has 1 aliphatic carbocycles. The first kappa shape index (κ1) is 23.7. The summed E-state index contributed by atoms with van der Waals surface area (Å²) in [4.78, 5) is 42.3. The number of imide groups is 1. The number of carbonyl (C=O) groups is 3. The van der Waals surface area contributed by atoms with Crippen molar-refractivity contribution in [2.75, 3.05) is 16.8 Å². The van der Waals surface area contributed by atoms with Crippen molar-refractivity contribution < 1.29 is 23.5 Å². The molecule has 4 rings (SSSR count). The summed E-state index contributed by atoms with van der Waals surface area (Å²) in [5.74, 6) is -0.542. The third-order valence-corrected chi connectivity index (χ3v) is 6.30. The van der Waals surface area contributed by atoms with Crippen molar-refractivity contribution in [2.24, 2.45) is 0 Å². The van der Waals surface area contributed by atoms with Crippen LogP contribution in [0.15, 0.2) is 48.5 Å². The van der Waals surface area contributed by atoms with Gasteiger partial charge >= 0.3 is 6.03 Å². The van der Waals surface area contributed by atoms with E-state index >= 15 is 0 Å². The van der Waals surface area contributed by atoms with Crippen LogP contribution in [-0.4, -0.2) is 41.4 Å². The molecule has 1 N–H and O–H groups in total. The number of carbonyl (C=O) groups excluding carboxylic acids is 3. The quantitative estimate of drug-likeness (QED) is 0.547. The lowest BCUT2D eigenvalue weighted by Gasteiger charge is -2.33. The Morgan fingerprint density at radius 2 is 1.71 bits per heavy atom. The highest BCUT2D eigenvalue weighted by Gasteiger charge is 2.49. The molecule has 0 radical (unpaired) electrons. The van der Waals surface area contributed by atoms with Gasteiger partial charge in [-0.05, 0) is 67.8 Å². The van der Waals surface area contributed by atoms with Crippen molar-refractivity contribution in [3.05, 3.63) is 54.3 Å². The molecule has 1 unspecified atom stereocenters. The number of ether oxygens (including phenoxy) is 1. The SMILES string of the molecule is CCCOc1ccc(NC(=O)CC2C(=O)N(c3ccc(F)cc3)C(=O)N2C2CCCCC2)cc1. The lowest BCUT2D eigenvalue weighted by Crippen LogP contribution is -2.45. The average Bonchev–Trinajstić information content (AvgIpc) is 3.09. The van der Waals surface area contributed by atoms with Gasteiger partial charge in [0.05, 0.1) is 18.7 Å². The van der Waals surface area contributed by atoms with E-state index in [9.17, 15) is 18.8 Å². The number of amides is 4. The number of hydrogen-bond donors (Lipinski definition) is 1. The summed E-state index contributed by atoms with van der Waals surface area (Å²) < 4.78 is 19.0. The Morgan fingerprint density at radius 1 is 1.03 bits per heavy atom. The molecule has 34 heavy (non-hydrogen) atoms. The Bertz CT molecular complexity index is 1020.